The number of rotatable bonds is 2. The van der Waals surface area contributed by atoms with Crippen LogP contribution in [0, 0.1) is 10.8 Å². The van der Waals surface area contributed by atoms with Gasteiger partial charge in [-0.2, -0.15) is 0 Å². The fourth-order valence-corrected chi connectivity index (χ4v) is 1.83. The third-order valence-corrected chi connectivity index (χ3v) is 2.70. The molecule has 0 bridgehead atoms. The second-order valence-corrected chi connectivity index (χ2v) is 3.51. The maximum atomic E-state index is 7.05. The summed E-state index contributed by atoms with van der Waals surface area (Å²) in [5, 5.41) is 10.4. The van der Waals surface area contributed by atoms with Crippen molar-refractivity contribution in [1.29, 1.82) is 5.41 Å². The van der Waals surface area contributed by atoms with Crippen LogP contribution in [0.4, 0.5) is 0 Å². The Morgan fingerprint density at radius 3 is 3.45 bits per heavy atom. The van der Waals surface area contributed by atoms with Crippen molar-refractivity contribution in [3.63, 3.8) is 0 Å². The molecule has 11 heavy (non-hydrogen) atoms. The number of hydrogen-bond donors (Lipinski definition) is 2. The van der Waals surface area contributed by atoms with Crippen molar-refractivity contribution >= 4 is 6.21 Å². The molecule has 2 unspecified atom stereocenters. The van der Waals surface area contributed by atoms with Crippen LogP contribution in [0.15, 0.2) is 0 Å². The molecule has 0 amide bonds. The highest BCUT2D eigenvalue weighted by Gasteiger charge is 2.54. The molecule has 2 atom stereocenters. The van der Waals surface area contributed by atoms with Crippen molar-refractivity contribution in [1.82, 2.24) is 5.32 Å². The smallest absolute Gasteiger partial charge is 0.0655 e. The van der Waals surface area contributed by atoms with Crippen LogP contribution in [0.1, 0.15) is 12.8 Å². The Labute approximate surface area is 66.6 Å². The Hall–Kier alpha value is -0.410. The maximum Gasteiger partial charge on any atom is 0.0655 e. The molecule has 1 aliphatic carbocycles. The molecule has 0 radical (unpaired) electrons. The van der Waals surface area contributed by atoms with Crippen LogP contribution in [-0.4, -0.2) is 32.0 Å². The van der Waals surface area contributed by atoms with Crippen molar-refractivity contribution in [3.8, 4) is 0 Å². The summed E-state index contributed by atoms with van der Waals surface area (Å²) in [5.41, 5.74) is 0.304. The Balaban J connectivity index is 1.98. The van der Waals surface area contributed by atoms with E-state index in [1.165, 1.54) is 6.21 Å². The van der Waals surface area contributed by atoms with Crippen molar-refractivity contribution in [2.75, 3.05) is 19.7 Å². The van der Waals surface area contributed by atoms with Crippen LogP contribution in [0.2, 0.25) is 0 Å². The van der Waals surface area contributed by atoms with Crippen LogP contribution < -0.4 is 5.32 Å². The third-order valence-electron chi connectivity index (χ3n) is 2.70. The summed E-state index contributed by atoms with van der Waals surface area (Å²) in [5.74, 6) is 0. The molecule has 0 spiro atoms. The van der Waals surface area contributed by atoms with E-state index in [2.05, 4.69) is 5.32 Å². The van der Waals surface area contributed by atoms with Gasteiger partial charge in [-0.15, -0.1) is 0 Å². The van der Waals surface area contributed by atoms with Crippen LogP contribution >= 0.6 is 0 Å². The van der Waals surface area contributed by atoms with E-state index in [1.54, 1.807) is 0 Å². The molecule has 3 nitrogen and oxygen atoms in total. The van der Waals surface area contributed by atoms with E-state index in [-0.39, 0.29) is 0 Å². The highest BCUT2D eigenvalue weighted by atomic mass is 16.5. The molecule has 62 valence electrons. The summed E-state index contributed by atoms with van der Waals surface area (Å²) in [6, 6.07) is 0. The van der Waals surface area contributed by atoms with Gasteiger partial charge in [0.2, 0.25) is 0 Å². The zero-order chi connectivity index (χ0) is 7.73. The molecule has 0 aromatic heterocycles. The second kappa shape index (κ2) is 2.57. The summed E-state index contributed by atoms with van der Waals surface area (Å²) in [4.78, 5) is 0. The lowest BCUT2D eigenvalue weighted by Crippen LogP contribution is -2.25. The Kier molecular flexibility index (Phi) is 1.69. The van der Waals surface area contributed by atoms with E-state index in [0.717, 1.165) is 32.5 Å². The molecule has 1 heterocycles. The largest absolute Gasteiger partial charge is 0.376 e. The summed E-state index contributed by atoms with van der Waals surface area (Å²) >= 11 is 0. The van der Waals surface area contributed by atoms with Crippen LogP contribution in [0.25, 0.3) is 0 Å². The van der Waals surface area contributed by atoms with Gasteiger partial charge in [-0.1, -0.05) is 0 Å². The number of nitrogens with one attached hydrogen (secondary N) is 2. The Morgan fingerprint density at radius 1 is 1.73 bits per heavy atom. The lowest BCUT2D eigenvalue weighted by atomic mass is 10.0. The lowest BCUT2D eigenvalue weighted by molar-refractivity contribution is 0.111. The first kappa shape index (κ1) is 7.25. The molecule has 1 saturated carbocycles. The molecule has 2 fully saturated rings. The fourth-order valence-electron chi connectivity index (χ4n) is 1.83. The molecule has 1 saturated heterocycles. The highest BCUT2D eigenvalue weighted by molar-refractivity contribution is 5.55. The maximum absolute atomic E-state index is 7.05. The molecule has 1 aliphatic heterocycles. The minimum absolute atomic E-state index is 0.304. The normalized spacial score (nSPS) is 42.4. The molecular formula is C8H14N2O. The first-order chi connectivity index (χ1) is 5.37. The SMILES string of the molecule is N=CCC12CNCCOC1C2. The monoisotopic (exact) mass is 154 g/mol. The average molecular weight is 154 g/mol. The summed E-state index contributed by atoms with van der Waals surface area (Å²) in [6.07, 6.45) is 3.98. The topological polar surface area (TPSA) is 45.1 Å². The summed E-state index contributed by atoms with van der Waals surface area (Å²) in [7, 11) is 0. The van der Waals surface area contributed by atoms with Gasteiger partial charge in [0, 0.05) is 18.5 Å². The van der Waals surface area contributed by atoms with E-state index in [9.17, 15) is 0 Å². The van der Waals surface area contributed by atoms with E-state index in [0.29, 0.717) is 11.5 Å². The third kappa shape index (κ3) is 1.19. The molecular weight excluding hydrogens is 140 g/mol. The van der Waals surface area contributed by atoms with Gasteiger partial charge >= 0.3 is 0 Å². The van der Waals surface area contributed by atoms with Gasteiger partial charge in [-0.25, -0.2) is 0 Å². The van der Waals surface area contributed by atoms with Crippen molar-refractivity contribution in [2.24, 2.45) is 5.41 Å². The number of hydrogen-bond acceptors (Lipinski definition) is 3. The second-order valence-electron chi connectivity index (χ2n) is 3.51. The van der Waals surface area contributed by atoms with E-state index >= 15 is 0 Å². The van der Waals surface area contributed by atoms with Crippen LogP contribution in [-0.2, 0) is 4.74 Å². The van der Waals surface area contributed by atoms with E-state index < -0.39 is 0 Å². The number of ether oxygens (including phenoxy) is 1. The van der Waals surface area contributed by atoms with Crippen molar-refractivity contribution < 1.29 is 4.74 Å². The minimum Gasteiger partial charge on any atom is -0.376 e. The van der Waals surface area contributed by atoms with Crippen molar-refractivity contribution in [2.45, 2.75) is 18.9 Å². The van der Waals surface area contributed by atoms with Gasteiger partial charge in [0.05, 0.1) is 12.7 Å². The minimum atomic E-state index is 0.304. The molecule has 3 heteroatoms. The van der Waals surface area contributed by atoms with Gasteiger partial charge in [-0.05, 0) is 19.1 Å². The number of fused-ring (bicyclic) bond motifs is 1. The van der Waals surface area contributed by atoms with Gasteiger partial charge in [0.1, 0.15) is 0 Å². The summed E-state index contributed by atoms with van der Waals surface area (Å²) in [6.45, 7) is 2.84. The zero-order valence-electron chi connectivity index (χ0n) is 6.60. The predicted octanol–water partition coefficient (Wildman–Crippen LogP) is 0.405. The first-order valence-corrected chi connectivity index (χ1v) is 4.19. The average Bonchev–Trinajstić information content (AvgIpc) is 2.62. The van der Waals surface area contributed by atoms with Gasteiger partial charge < -0.3 is 15.5 Å². The Morgan fingerprint density at radius 2 is 2.64 bits per heavy atom. The molecule has 2 N–H and O–H groups in total. The Bertz CT molecular complexity index is 171. The molecule has 0 aromatic carbocycles. The molecule has 0 aromatic rings. The standard InChI is InChI=1S/C8H14N2O/c9-2-1-8-5-7(8)11-4-3-10-6-8/h2,7,9-10H,1,3-6H2. The van der Waals surface area contributed by atoms with Crippen molar-refractivity contribution in [3.05, 3.63) is 0 Å². The van der Waals surface area contributed by atoms with E-state index in [4.69, 9.17) is 10.1 Å². The summed E-state index contributed by atoms with van der Waals surface area (Å²) < 4.78 is 5.57. The van der Waals surface area contributed by atoms with Gasteiger partial charge in [-0.3, -0.25) is 0 Å². The van der Waals surface area contributed by atoms with Gasteiger partial charge in [0.15, 0.2) is 0 Å². The van der Waals surface area contributed by atoms with E-state index in [1.807, 2.05) is 0 Å². The first-order valence-electron chi connectivity index (χ1n) is 4.19. The molecule has 2 rings (SSSR count). The zero-order valence-corrected chi connectivity index (χ0v) is 6.60. The fraction of sp³-hybridized carbons (Fsp3) is 0.875. The highest BCUT2D eigenvalue weighted by Crippen LogP contribution is 2.50. The van der Waals surface area contributed by atoms with Crippen LogP contribution in [0.5, 0.6) is 0 Å². The quantitative estimate of drug-likeness (QED) is 0.566. The molecule has 2 aliphatic rings. The van der Waals surface area contributed by atoms with Crippen LogP contribution in [0.3, 0.4) is 0 Å². The lowest BCUT2D eigenvalue weighted by Gasteiger charge is -2.10. The predicted molar refractivity (Wildman–Crippen MR) is 43.1 cm³/mol. The van der Waals surface area contributed by atoms with Gasteiger partial charge in [0.25, 0.3) is 0 Å².